The number of hydrogen-bond donors (Lipinski definition) is 2. The fourth-order valence-corrected chi connectivity index (χ4v) is 2.20. The van der Waals surface area contributed by atoms with Gasteiger partial charge in [0, 0.05) is 13.1 Å². The Labute approximate surface area is 86.4 Å². The molecule has 0 atom stereocenters. The summed E-state index contributed by atoms with van der Waals surface area (Å²) in [6, 6.07) is 0. The highest BCUT2D eigenvalue weighted by atomic mass is 16.2. The van der Waals surface area contributed by atoms with Crippen LogP contribution in [0.25, 0.3) is 0 Å². The quantitative estimate of drug-likeness (QED) is 0.711. The maximum absolute atomic E-state index is 11.8. The van der Waals surface area contributed by atoms with Gasteiger partial charge in [-0.25, -0.2) is 0 Å². The zero-order valence-corrected chi connectivity index (χ0v) is 9.47. The minimum atomic E-state index is -0.242. The number of carbonyl (C=O) groups excluding carboxylic acids is 1. The standard InChI is InChI=1S/C11H22N2O/c1-8(2)6-13-10(14)11(7-12)4-9(3)5-11/h8-9H,4-7,12H2,1-3H3,(H,13,14). The van der Waals surface area contributed by atoms with E-state index in [4.69, 9.17) is 5.73 Å². The van der Waals surface area contributed by atoms with Crippen LogP contribution >= 0.6 is 0 Å². The Morgan fingerprint density at radius 2 is 2.14 bits per heavy atom. The van der Waals surface area contributed by atoms with Crippen LogP contribution in [-0.2, 0) is 4.79 Å². The summed E-state index contributed by atoms with van der Waals surface area (Å²) in [6.45, 7) is 7.61. The fraction of sp³-hybridized carbons (Fsp3) is 0.909. The first kappa shape index (κ1) is 11.5. The number of rotatable bonds is 4. The summed E-state index contributed by atoms with van der Waals surface area (Å²) >= 11 is 0. The number of nitrogens with two attached hydrogens (primary N) is 1. The van der Waals surface area contributed by atoms with Crippen molar-refractivity contribution in [2.75, 3.05) is 13.1 Å². The van der Waals surface area contributed by atoms with Crippen LogP contribution in [0.15, 0.2) is 0 Å². The molecule has 1 aliphatic carbocycles. The van der Waals surface area contributed by atoms with Crippen molar-refractivity contribution in [3.63, 3.8) is 0 Å². The lowest BCUT2D eigenvalue weighted by Gasteiger charge is -2.44. The molecular formula is C11H22N2O. The van der Waals surface area contributed by atoms with Gasteiger partial charge >= 0.3 is 0 Å². The Morgan fingerprint density at radius 1 is 1.57 bits per heavy atom. The van der Waals surface area contributed by atoms with Gasteiger partial charge in [0.2, 0.25) is 5.91 Å². The third-order valence-corrected chi connectivity index (χ3v) is 3.02. The van der Waals surface area contributed by atoms with E-state index >= 15 is 0 Å². The molecule has 1 rings (SSSR count). The number of hydrogen-bond acceptors (Lipinski definition) is 2. The number of nitrogens with one attached hydrogen (secondary N) is 1. The molecule has 0 aromatic heterocycles. The molecule has 0 aliphatic heterocycles. The van der Waals surface area contributed by atoms with Crippen molar-refractivity contribution in [1.29, 1.82) is 0 Å². The van der Waals surface area contributed by atoms with E-state index in [0.717, 1.165) is 19.4 Å². The first-order chi connectivity index (χ1) is 6.50. The highest BCUT2D eigenvalue weighted by Crippen LogP contribution is 2.44. The van der Waals surface area contributed by atoms with E-state index in [-0.39, 0.29) is 11.3 Å². The average molecular weight is 198 g/mol. The van der Waals surface area contributed by atoms with Crippen molar-refractivity contribution >= 4 is 5.91 Å². The molecule has 0 aromatic carbocycles. The Balaban J connectivity index is 2.42. The highest BCUT2D eigenvalue weighted by Gasteiger charge is 2.46. The Morgan fingerprint density at radius 3 is 2.50 bits per heavy atom. The summed E-state index contributed by atoms with van der Waals surface area (Å²) in [4.78, 5) is 11.8. The van der Waals surface area contributed by atoms with Crippen LogP contribution in [0.4, 0.5) is 0 Å². The summed E-state index contributed by atoms with van der Waals surface area (Å²) < 4.78 is 0. The lowest BCUT2D eigenvalue weighted by Crippen LogP contribution is -2.53. The minimum absolute atomic E-state index is 0.159. The maximum Gasteiger partial charge on any atom is 0.227 e. The van der Waals surface area contributed by atoms with E-state index in [2.05, 4.69) is 26.1 Å². The second-order valence-electron chi connectivity index (χ2n) is 5.10. The van der Waals surface area contributed by atoms with E-state index in [1.807, 2.05) is 0 Å². The van der Waals surface area contributed by atoms with Crippen LogP contribution in [0.1, 0.15) is 33.6 Å². The normalized spacial score (nSPS) is 31.4. The van der Waals surface area contributed by atoms with Crippen LogP contribution in [0.5, 0.6) is 0 Å². The van der Waals surface area contributed by atoms with Gasteiger partial charge in [-0.1, -0.05) is 20.8 Å². The third kappa shape index (κ3) is 2.27. The van der Waals surface area contributed by atoms with Crippen LogP contribution in [-0.4, -0.2) is 19.0 Å². The van der Waals surface area contributed by atoms with Gasteiger partial charge in [-0.05, 0) is 24.7 Å². The molecule has 0 bridgehead atoms. The summed E-state index contributed by atoms with van der Waals surface area (Å²) in [5.41, 5.74) is 5.44. The van der Waals surface area contributed by atoms with Crippen molar-refractivity contribution in [3.05, 3.63) is 0 Å². The van der Waals surface area contributed by atoms with E-state index in [0.29, 0.717) is 18.4 Å². The summed E-state index contributed by atoms with van der Waals surface area (Å²) in [5.74, 6) is 1.32. The van der Waals surface area contributed by atoms with Gasteiger partial charge in [-0.2, -0.15) is 0 Å². The maximum atomic E-state index is 11.8. The molecular weight excluding hydrogens is 176 g/mol. The molecule has 3 N–H and O–H groups in total. The summed E-state index contributed by atoms with van der Waals surface area (Å²) in [7, 11) is 0. The van der Waals surface area contributed by atoms with Gasteiger partial charge in [-0.3, -0.25) is 4.79 Å². The molecule has 0 heterocycles. The number of amides is 1. The van der Waals surface area contributed by atoms with Crippen molar-refractivity contribution in [2.45, 2.75) is 33.6 Å². The lowest BCUT2D eigenvalue weighted by atomic mass is 9.62. The fourth-order valence-electron chi connectivity index (χ4n) is 2.20. The second-order valence-corrected chi connectivity index (χ2v) is 5.10. The predicted molar refractivity (Wildman–Crippen MR) is 57.7 cm³/mol. The monoisotopic (exact) mass is 198 g/mol. The van der Waals surface area contributed by atoms with Gasteiger partial charge < -0.3 is 11.1 Å². The molecule has 3 nitrogen and oxygen atoms in total. The summed E-state index contributed by atoms with van der Waals surface area (Å²) in [6.07, 6.45) is 1.90. The number of carbonyl (C=O) groups is 1. The van der Waals surface area contributed by atoms with Crippen molar-refractivity contribution < 1.29 is 4.79 Å². The van der Waals surface area contributed by atoms with Crippen molar-refractivity contribution in [2.24, 2.45) is 23.0 Å². The van der Waals surface area contributed by atoms with Gasteiger partial charge in [0.15, 0.2) is 0 Å². The third-order valence-electron chi connectivity index (χ3n) is 3.02. The summed E-state index contributed by atoms with van der Waals surface area (Å²) in [5, 5.41) is 2.98. The van der Waals surface area contributed by atoms with E-state index in [1.54, 1.807) is 0 Å². The predicted octanol–water partition coefficient (Wildman–Crippen LogP) is 1.13. The molecule has 1 fully saturated rings. The largest absolute Gasteiger partial charge is 0.355 e. The van der Waals surface area contributed by atoms with Crippen LogP contribution in [0.3, 0.4) is 0 Å². The van der Waals surface area contributed by atoms with Crippen LogP contribution < -0.4 is 11.1 Å². The molecule has 3 heteroatoms. The van der Waals surface area contributed by atoms with Crippen LogP contribution in [0, 0.1) is 17.3 Å². The van der Waals surface area contributed by atoms with Crippen LogP contribution in [0.2, 0.25) is 0 Å². The van der Waals surface area contributed by atoms with E-state index in [9.17, 15) is 4.79 Å². The Hall–Kier alpha value is -0.570. The SMILES string of the molecule is CC(C)CNC(=O)C1(CN)CC(C)C1. The first-order valence-corrected chi connectivity index (χ1v) is 5.48. The topological polar surface area (TPSA) is 55.1 Å². The highest BCUT2D eigenvalue weighted by molar-refractivity contribution is 5.83. The average Bonchev–Trinajstić information content (AvgIpc) is 2.08. The van der Waals surface area contributed by atoms with Gasteiger partial charge in [0.05, 0.1) is 5.41 Å². The van der Waals surface area contributed by atoms with Gasteiger partial charge in [-0.15, -0.1) is 0 Å². The molecule has 1 saturated carbocycles. The molecule has 0 unspecified atom stereocenters. The molecule has 82 valence electrons. The molecule has 1 aliphatic rings. The van der Waals surface area contributed by atoms with Gasteiger partial charge in [0.25, 0.3) is 0 Å². The Bertz CT molecular complexity index is 207. The minimum Gasteiger partial charge on any atom is -0.355 e. The molecule has 0 aromatic rings. The van der Waals surface area contributed by atoms with E-state index in [1.165, 1.54) is 0 Å². The molecule has 0 spiro atoms. The smallest absolute Gasteiger partial charge is 0.227 e. The molecule has 14 heavy (non-hydrogen) atoms. The Kier molecular flexibility index (Phi) is 3.53. The lowest BCUT2D eigenvalue weighted by molar-refractivity contribution is -0.138. The zero-order valence-electron chi connectivity index (χ0n) is 9.47. The second kappa shape index (κ2) is 4.30. The molecule has 1 amide bonds. The van der Waals surface area contributed by atoms with E-state index < -0.39 is 0 Å². The molecule has 0 saturated heterocycles. The molecule has 0 radical (unpaired) electrons. The first-order valence-electron chi connectivity index (χ1n) is 5.48. The van der Waals surface area contributed by atoms with Gasteiger partial charge in [0.1, 0.15) is 0 Å². The van der Waals surface area contributed by atoms with Crippen molar-refractivity contribution in [1.82, 2.24) is 5.32 Å². The zero-order chi connectivity index (χ0) is 10.8. The van der Waals surface area contributed by atoms with Crippen molar-refractivity contribution in [3.8, 4) is 0 Å².